The summed E-state index contributed by atoms with van der Waals surface area (Å²) < 4.78 is 22.2. The first kappa shape index (κ1) is 45.0. The molecule has 2 unspecified atom stereocenters. The summed E-state index contributed by atoms with van der Waals surface area (Å²) in [5.41, 5.74) is 7.81. The van der Waals surface area contributed by atoms with Gasteiger partial charge in [-0.2, -0.15) is 9.97 Å². The van der Waals surface area contributed by atoms with Gasteiger partial charge < -0.3 is 48.7 Å². The van der Waals surface area contributed by atoms with Crippen LogP contribution in [-0.4, -0.2) is 126 Å². The topological polar surface area (TPSA) is 235 Å². The standard InChI is InChI=1S/2C21H27N5O4/c2*1-6-26(5)21-22-14(4)9-17(23-21)20-24-19(25-30-20)15-7-12(2)18(13(3)8-15)29-11-16(28)10-27/h2*7-9,16,27-28H,6,10-11H2,1-5H3. The van der Waals surface area contributed by atoms with Crippen LogP contribution in [0.5, 0.6) is 11.5 Å². The second-order valence-corrected chi connectivity index (χ2v) is 14.4. The number of aliphatic hydroxyl groups excluding tert-OH is 4. The fraction of sp³-hybridized carbons (Fsp3) is 0.429. The number of aliphatic hydroxyl groups is 4. The van der Waals surface area contributed by atoms with Crippen molar-refractivity contribution in [1.82, 2.24) is 40.2 Å². The Morgan fingerprint density at radius 3 is 1.22 bits per heavy atom. The average molecular weight is 827 g/mol. The molecular formula is C42H54N10O8. The summed E-state index contributed by atoms with van der Waals surface area (Å²) in [5, 5.41) is 45.2. The van der Waals surface area contributed by atoms with Crippen molar-refractivity contribution in [1.29, 1.82) is 0 Å². The molecule has 320 valence electrons. The minimum absolute atomic E-state index is 0.0193. The highest BCUT2D eigenvalue weighted by Gasteiger charge is 2.19. The summed E-state index contributed by atoms with van der Waals surface area (Å²) >= 11 is 0. The zero-order valence-corrected chi connectivity index (χ0v) is 35.8. The minimum Gasteiger partial charge on any atom is -0.490 e. The molecule has 60 heavy (non-hydrogen) atoms. The van der Waals surface area contributed by atoms with Crippen LogP contribution in [0.3, 0.4) is 0 Å². The van der Waals surface area contributed by atoms with Crippen molar-refractivity contribution in [2.75, 3.05) is 63.4 Å². The number of hydrogen-bond donors (Lipinski definition) is 4. The SMILES string of the molecule is CCN(C)c1nc(C)cc(-c2nc(-c3cc(C)c(OCC(O)CO)c(C)c3)no2)n1.CCN(C)c1nc(C)cc(-c2nc(-c3cc(C)c(OCC(O)CO)c(C)c3)no2)n1. The molecule has 4 N–H and O–H groups in total. The Labute approximate surface area is 348 Å². The zero-order valence-electron chi connectivity index (χ0n) is 35.8. The van der Waals surface area contributed by atoms with Crippen LogP contribution in [0.4, 0.5) is 11.9 Å². The van der Waals surface area contributed by atoms with Crippen molar-refractivity contribution in [3.05, 3.63) is 70.0 Å². The van der Waals surface area contributed by atoms with E-state index in [0.717, 1.165) is 57.9 Å². The molecule has 4 heterocycles. The molecule has 6 aromatic rings. The lowest BCUT2D eigenvalue weighted by atomic mass is 10.1. The molecule has 2 aromatic carbocycles. The van der Waals surface area contributed by atoms with E-state index < -0.39 is 12.2 Å². The molecular weight excluding hydrogens is 773 g/mol. The Balaban J connectivity index is 0.000000228. The number of aromatic nitrogens is 8. The van der Waals surface area contributed by atoms with Crippen molar-refractivity contribution in [2.45, 2.75) is 67.6 Å². The highest BCUT2D eigenvalue weighted by atomic mass is 16.5. The number of aryl methyl sites for hydroxylation is 6. The van der Waals surface area contributed by atoms with Crippen LogP contribution in [0.15, 0.2) is 45.4 Å². The molecule has 0 amide bonds. The van der Waals surface area contributed by atoms with E-state index in [4.69, 9.17) is 28.7 Å². The number of benzene rings is 2. The van der Waals surface area contributed by atoms with Crippen molar-refractivity contribution < 1.29 is 38.9 Å². The van der Waals surface area contributed by atoms with Crippen molar-refractivity contribution in [3.8, 4) is 57.4 Å². The van der Waals surface area contributed by atoms with Crippen LogP contribution in [0, 0.1) is 41.5 Å². The van der Waals surface area contributed by atoms with E-state index in [2.05, 4.69) is 40.2 Å². The molecule has 0 saturated heterocycles. The summed E-state index contributed by atoms with van der Waals surface area (Å²) in [7, 11) is 3.85. The maximum Gasteiger partial charge on any atom is 0.277 e. The average Bonchev–Trinajstić information content (AvgIpc) is 3.94. The third-order valence-corrected chi connectivity index (χ3v) is 9.31. The van der Waals surface area contributed by atoms with Crippen molar-refractivity contribution in [2.24, 2.45) is 0 Å². The third kappa shape index (κ3) is 11.1. The lowest BCUT2D eigenvalue weighted by Crippen LogP contribution is -2.21. The van der Waals surface area contributed by atoms with E-state index >= 15 is 0 Å². The van der Waals surface area contributed by atoms with Crippen LogP contribution in [0.1, 0.15) is 47.5 Å². The minimum atomic E-state index is -0.920. The van der Waals surface area contributed by atoms with Crippen molar-refractivity contribution >= 4 is 11.9 Å². The van der Waals surface area contributed by atoms with Crippen LogP contribution in [0.25, 0.3) is 45.9 Å². The van der Waals surface area contributed by atoms with Gasteiger partial charge in [0, 0.05) is 49.7 Å². The number of hydrogen-bond acceptors (Lipinski definition) is 18. The monoisotopic (exact) mass is 826 g/mol. The molecule has 4 aromatic heterocycles. The Morgan fingerprint density at radius 2 is 0.900 bits per heavy atom. The Morgan fingerprint density at radius 1 is 0.550 bits per heavy atom. The lowest BCUT2D eigenvalue weighted by molar-refractivity contribution is 0.0532. The second kappa shape index (κ2) is 20.3. The molecule has 2 atom stereocenters. The second-order valence-electron chi connectivity index (χ2n) is 14.4. The first-order valence-electron chi connectivity index (χ1n) is 19.5. The Bertz CT molecular complexity index is 2160. The Kier molecular flexibility index (Phi) is 15.2. The van der Waals surface area contributed by atoms with Gasteiger partial charge in [0.25, 0.3) is 11.8 Å². The fourth-order valence-corrected chi connectivity index (χ4v) is 5.92. The maximum absolute atomic E-state index is 9.51. The molecule has 18 nitrogen and oxygen atoms in total. The van der Waals surface area contributed by atoms with Gasteiger partial charge in [0.1, 0.15) is 48.3 Å². The molecule has 0 aliphatic carbocycles. The highest BCUT2D eigenvalue weighted by molar-refractivity contribution is 5.64. The first-order chi connectivity index (χ1) is 28.6. The van der Waals surface area contributed by atoms with Crippen LogP contribution in [-0.2, 0) is 0 Å². The van der Waals surface area contributed by atoms with Gasteiger partial charge in [-0.3, -0.25) is 0 Å². The maximum atomic E-state index is 9.51. The quantitative estimate of drug-likeness (QED) is 0.104. The van der Waals surface area contributed by atoms with Crippen LogP contribution >= 0.6 is 0 Å². The zero-order chi connectivity index (χ0) is 43.7. The van der Waals surface area contributed by atoms with E-state index in [-0.39, 0.29) is 26.4 Å². The van der Waals surface area contributed by atoms with Gasteiger partial charge in [-0.1, -0.05) is 10.3 Å². The predicted octanol–water partition coefficient (Wildman–Crippen LogP) is 4.61. The third-order valence-electron chi connectivity index (χ3n) is 9.31. The molecule has 0 saturated carbocycles. The number of rotatable bonds is 16. The van der Waals surface area contributed by atoms with Crippen molar-refractivity contribution in [3.63, 3.8) is 0 Å². The summed E-state index contributed by atoms with van der Waals surface area (Å²) in [4.78, 5) is 30.9. The smallest absolute Gasteiger partial charge is 0.277 e. The number of nitrogens with zero attached hydrogens (tertiary/aromatic N) is 10. The van der Waals surface area contributed by atoms with E-state index in [1.807, 2.05) is 116 Å². The first-order valence-corrected chi connectivity index (χ1v) is 19.5. The molecule has 6 rings (SSSR count). The van der Waals surface area contributed by atoms with E-state index in [0.29, 0.717) is 58.2 Å². The van der Waals surface area contributed by atoms with Gasteiger partial charge >= 0.3 is 0 Å². The Hall–Kier alpha value is -6.08. The normalized spacial score (nSPS) is 12.1. The molecule has 0 aliphatic rings. The summed E-state index contributed by atoms with van der Waals surface area (Å²) in [6.07, 6.45) is -1.84. The predicted molar refractivity (Wildman–Crippen MR) is 225 cm³/mol. The fourth-order valence-electron chi connectivity index (χ4n) is 5.92. The van der Waals surface area contributed by atoms with E-state index in [1.165, 1.54) is 0 Å². The van der Waals surface area contributed by atoms with Gasteiger partial charge in [0.2, 0.25) is 23.5 Å². The van der Waals surface area contributed by atoms with E-state index in [9.17, 15) is 10.2 Å². The molecule has 0 fully saturated rings. The molecule has 0 bridgehead atoms. The molecule has 18 heteroatoms. The highest BCUT2D eigenvalue weighted by Crippen LogP contribution is 2.32. The van der Waals surface area contributed by atoms with Gasteiger partial charge in [0.05, 0.1) is 13.2 Å². The van der Waals surface area contributed by atoms with Gasteiger partial charge in [-0.25, -0.2) is 19.9 Å². The summed E-state index contributed by atoms with van der Waals surface area (Å²) in [6.45, 7) is 16.4. The summed E-state index contributed by atoms with van der Waals surface area (Å²) in [5.74, 6) is 4.06. The van der Waals surface area contributed by atoms with Crippen LogP contribution < -0.4 is 19.3 Å². The van der Waals surface area contributed by atoms with E-state index in [1.54, 1.807) is 0 Å². The van der Waals surface area contributed by atoms with Gasteiger partial charge in [-0.05, 0) is 114 Å². The van der Waals surface area contributed by atoms with Gasteiger partial charge in [0.15, 0.2) is 0 Å². The largest absolute Gasteiger partial charge is 0.490 e. The van der Waals surface area contributed by atoms with Gasteiger partial charge in [-0.15, -0.1) is 0 Å². The lowest BCUT2D eigenvalue weighted by Gasteiger charge is -2.15. The number of anilines is 2. The molecule has 0 radical (unpaired) electrons. The summed E-state index contributed by atoms with van der Waals surface area (Å²) in [6, 6.07) is 11.2. The number of ether oxygens (including phenoxy) is 2. The van der Waals surface area contributed by atoms with Crippen LogP contribution in [0.2, 0.25) is 0 Å². The molecule has 0 spiro atoms. The molecule has 0 aliphatic heterocycles.